The Balaban J connectivity index is 0.000000148. The van der Waals surface area contributed by atoms with Crippen LogP contribution in [-0.4, -0.2) is 164 Å². The lowest BCUT2D eigenvalue weighted by Gasteiger charge is -2.28. The Hall–Kier alpha value is -7.26. The zero-order chi connectivity index (χ0) is 75.9. The maximum atomic E-state index is 11.7. The molecule has 5 aliphatic heterocycles. The minimum atomic E-state index is -1.08. The number of carbonyl (C=O) groups is 2. The molecule has 4 saturated heterocycles. The van der Waals surface area contributed by atoms with Crippen molar-refractivity contribution in [2.24, 2.45) is 16.5 Å². The number of ether oxygens (including phenoxy) is 4. The van der Waals surface area contributed by atoms with Crippen LogP contribution in [0.2, 0.25) is 40.2 Å². The molecule has 0 bridgehead atoms. The Morgan fingerprint density at radius 1 is 0.575 bits per heavy atom. The second-order valence-corrected chi connectivity index (χ2v) is 31.4. The topological polar surface area (TPSA) is 227 Å². The van der Waals surface area contributed by atoms with E-state index in [0.717, 1.165) is 115 Å². The highest BCUT2D eigenvalue weighted by Crippen LogP contribution is 2.56. The van der Waals surface area contributed by atoms with E-state index in [1.54, 1.807) is 89.5 Å². The molecule has 33 heteroatoms. The molecule has 552 valence electrons. The van der Waals surface area contributed by atoms with Crippen molar-refractivity contribution in [1.29, 1.82) is 0 Å². The number of H-pyrrole nitrogens is 1. The van der Waals surface area contributed by atoms with Crippen molar-refractivity contribution in [3.05, 3.63) is 185 Å². The summed E-state index contributed by atoms with van der Waals surface area (Å²) in [7, 11) is 0. The van der Waals surface area contributed by atoms with Crippen LogP contribution in [0.5, 0.6) is 0 Å². The molecule has 9 aromatic rings. The molecular formula is C73H68Cl8N14O7S4. The highest BCUT2D eigenvalue weighted by Gasteiger charge is 2.34. The fraction of sp³-hybridized carbons (Fsp3) is 0.315. The number of aromatic nitrogens is 2. The Morgan fingerprint density at radius 3 is 1.25 bits per heavy atom. The predicted molar refractivity (Wildman–Crippen MR) is 438 cm³/mol. The predicted octanol–water partition coefficient (Wildman–Crippen LogP) is 19.7. The lowest BCUT2D eigenvalue weighted by molar-refractivity contribution is 0.0702. The van der Waals surface area contributed by atoms with E-state index in [0.29, 0.717) is 181 Å². The van der Waals surface area contributed by atoms with Crippen LogP contribution in [0, 0.1) is 33.2 Å². The second kappa shape index (κ2) is 38.2. The summed E-state index contributed by atoms with van der Waals surface area (Å²) < 4.78 is 21.6. The number of imidazole rings is 1. The summed E-state index contributed by atoms with van der Waals surface area (Å²) in [5, 5.41) is 20.2. The summed E-state index contributed by atoms with van der Waals surface area (Å²) in [5.74, 6) is 0.492. The van der Waals surface area contributed by atoms with Crippen LogP contribution in [0.15, 0.2) is 84.0 Å². The van der Waals surface area contributed by atoms with Crippen molar-refractivity contribution >= 4 is 199 Å². The van der Waals surface area contributed by atoms with Crippen LogP contribution in [0.1, 0.15) is 43.8 Å². The number of hydrogen-bond donors (Lipinski definition) is 5. The van der Waals surface area contributed by atoms with Gasteiger partial charge in [0.1, 0.15) is 16.5 Å². The van der Waals surface area contributed by atoms with E-state index < -0.39 is 5.97 Å². The summed E-state index contributed by atoms with van der Waals surface area (Å²) in [6, 6.07) is 21.1. The number of aromatic amines is 1. The van der Waals surface area contributed by atoms with E-state index >= 15 is 0 Å². The number of anilines is 4. The number of carbonyl (C=O) groups excluding carboxylic acids is 1. The van der Waals surface area contributed by atoms with Crippen LogP contribution in [0.4, 0.5) is 42.8 Å². The van der Waals surface area contributed by atoms with Gasteiger partial charge in [0.15, 0.2) is 6.29 Å². The monoisotopic (exact) mass is 1660 g/mol. The molecule has 7 N–H and O–H groups in total. The maximum absolute atomic E-state index is 11.7. The summed E-state index contributed by atoms with van der Waals surface area (Å²) in [6.07, 6.45) is 2.57. The molecule has 4 aromatic carbocycles. The van der Waals surface area contributed by atoms with Gasteiger partial charge in [-0.25, -0.2) is 29.2 Å². The fourth-order valence-electron chi connectivity index (χ4n) is 11.6. The average molecular weight is 1670 g/mol. The summed E-state index contributed by atoms with van der Waals surface area (Å²) in [4.78, 5) is 61.7. The normalized spacial score (nSPS) is 15.8. The van der Waals surface area contributed by atoms with E-state index in [2.05, 4.69) is 61.3 Å². The first-order valence-electron chi connectivity index (χ1n) is 32.9. The number of nitrogens with zero attached hydrogens (tertiary/aromatic N) is 10. The Labute approximate surface area is 669 Å². The Morgan fingerprint density at radius 2 is 0.915 bits per heavy atom. The number of benzene rings is 4. The molecule has 0 aliphatic carbocycles. The van der Waals surface area contributed by atoms with Crippen LogP contribution in [0.3, 0.4) is 0 Å². The Kier molecular flexibility index (Phi) is 29.3. The van der Waals surface area contributed by atoms with Crippen molar-refractivity contribution in [1.82, 2.24) is 15.3 Å². The van der Waals surface area contributed by atoms with Crippen LogP contribution in [0.25, 0.3) is 74.6 Å². The van der Waals surface area contributed by atoms with Gasteiger partial charge in [0.2, 0.25) is 22.7 Å². The molecule has 106 heavy (non-hydrogen) atoms. The van der Waals surface area contributed by atoms with Gasteiger partial charge in [-0.05, 0) is 91.6 Å². The lowest BCUT2D eigenvalue weighted by atomic mass is 10.0. The molecule has 2 unspecified atom stereocenters. The number of carboxylic acid groups (broad SMARTS) is 1. The number of thiophene rings is 4. The largest absolute Gasteiger partial charge is 0.477 e. The molecule has 5 aromatic heterocycles. The first-order chi connectivity index (χ1) is 51.1. The van der Waals surface area contributed by atoms with E-state index in [1.165, 1.54) is 11.3 Å². The number of rotatable bonds is 13. The smallest absolute Gasteiger partial charge is 0.345 e. The number of aryl methyl sites for hydroxylation is 1. The fourth-order valence-corrected chi connectivity index (χ4v) is 18.4. The van der Waals surface area contributed by atoms with E-state index in [1.807, 2.05) is 30.9 Å². The third kappa shape index (κ3) is 19.2. The number of carboxylic acids is 1. The van der Waals surface area contributed by atoms with E-state index in [9.17, 15) is 14.7 Å². The number of halogens is 8. The highest BCUT2D eigenvalue weighted by atomic mass is 35.5. The van der Waals surface area contributed by atoms with Crippen LogP contribution in [-0.2, 0) is 18.9 Å². The van der Waals surface area contributed by atoms with Crippen molar-refractivity contribution < 1.29 is 33.6 Å². The van der Waals surface area contributed by atoms with Crippen molar-refractivity contribution in [3.8, 4) is 55.2 Å². The first kappa shape index (κ1) is 81.3. The molecule has 0 spiro atoms. The molecule has 0 amide bonds. The van der Waals surface area contributed by atoms with Gasteiger partial charge in [-0.2, -0.15) is 0 Å². The SMILES string of the molecule is CC(N)CN.[C-]#[N+]c1c(N2CCOCC2)sc(-c2ncc(C)[nH]2)c1-c1ccc(Cl)cc1Cl.[C-]#[N+]c1c(N2CCOCC2)sc(C(=O)O)c1-c1ccc(Cl)cc1Cl.[C-]#[N+]c1c(N2CCOCC2)sc(C2=NCC(C)N2)c1-c1ccc(Cl)cc1Cl.[C-]#[N+]c1c(N2CCOCC2)sc(C=O)c1-c1ccc(Cl)cc1Cl. The average Bonchev–Trinajstić information content (AvgIpc) is 1.48. The standard InChI is InChI=1S/C19H18Cl2N4OS.C19H16Cl2N4OS.C16H12Cl2N2O3S.C16H12Cl2N2O2S.C3H10N2/c2*1-11-10-23-18(24-11)17-15(13-4-3-12(20)9-14(13)21)16(22-2)19(27-17)25-5-7-26-8-6-25;1-19-13-12(10-3-2-9(17)8-11(10)18)14(16(21)22)24-15(13)20-4-6-23-7-5-20;1-19-15-14(11-3-2-10(17)8-12(11)18)13(9-21)23-16(15)20-4-6-22-7-5-20;1-3(5)2-4/h3-4,9,11H,5-8,10H2,1H3,(H,23,24);3-4,9-10H,5-8H2,1H3,(H,23,24);2-3,8H,4-7H2,(H,21,22);2-3,8-9H,4-7H2;3H,2,4-5H2,1H3. The van der Waals surface area contributed by atoms with E-state index in [4.69, 9.17) is 150 Å². The number of aliphatic imine (C=N–C) groups is 1. The number of aldehydes is 1. The van der Waals surface area contributed by atoms with Crippen molar-refractivity contribution in [2.45, 2.75) is 32.9 Å². The quantitative estimate of drug-likeness (QED) is 0.0534. The third-order valence-electron chi connectivity index (χ3n) is 16.6. The Bertz CT molecular complexity index is 4870. The van der Waals surface area contributed by atoms with Gasteiger partial charge >= 0.3 is 5.97 Å². The zero-order valence-corrected chi connectivity index (χ0v) is 66.5. The molecule has 4 fully saturated rings. The number of amidine groups is 1. The van der Waals surface area contributed by atoms with Gasteiger partial charge in [-0.1, -0.05) is 117 Å². The molecule has 0 radical (unpaired) electrons. The number of aromatic carboxylic acids is 1. The second-order valence-electron chi connectivity index (χ2n) is 24.0. The molecule has 21 nitrogen and oxygen atoms in total. The molecule has 10 heterocycles. The van der Waals surface area contributed by atoms with E-state index in [-0.39, 0.29) is 17.0 Å². The van der Waals surface area contributed by atoms with Gasteiger partial charge in [0.25, 0.3) is 0 Å². The summed E-state index contributed by atoms with van der Waals surface area (Å²) in [6.45, 7) is 48.8. The van der Waals surface area contributed by atoms with Gasteiger partial charge in [0.05, 0.1) is 120 Å². The maximum Gasteiger partial charge on any atom is 0.345 e. The van der Waals surface area contributed by atoms with Crippen LogP contribution < -0.4 is 36.4 Å². The summed E-state index contributed by atoms with van der Waals surface area (Å²) in [5.41, 5.74) is 18.5. The van der Waals surface area contributed by atoms with Gasteiger partial charge < -0.3 is 65.4 Å². The molecule has 0 saturated carbocycles. The first-order valence-corrected chi connectivity index (χ1v) is 39.2. The van der Waals surface area contributed by atoms with Gasteiger partial charge in [-0.3, -0.25) is 9.79 Å². The van der Waals surface area contributed by atoms with Gasteiger partial charge in [0, 0.05) is 145 Å². The minimum absolute atomic E-state index is 0.103. The number of nitrogens with one attached hydrogen (secondary N) is 2. The number of morpholine rings is 4. The number of hydrogen-bond acceptors (Lipinski definition) is 19. The summed E-state index contributed by atoms with van der Waals surface area (Å²) >= 11 is 55.2. The molecular weight excluding hydrogens is 1600 g/mol. The lowest BCUT2D eigenvalue weighted by Crippen LogP contribution is -2.35. The van der Waals surface area contributed by atoms with Crippen LogP contribution >= 0.6 is 138 Å². The highest BCUT2D eigenvalue weighted by molar-refractivity contribution is 7.21. The number of nitrogens with two attached hydrogens (primary N) is 2. The van der Waals surface area contributed by atoms with Crippen molar-refractivity contribution in [2.75, 3.05) is 138 Å². The van der Waals surface area contributed by atoms with Gasteiger partial charge in [-0.15, -0.1) is 45.3 Å². The van der Waals surface area contributed by atoms with Crippen molar-refractivity contribution in [3.63, 3.8) is 0 Å². The zero-order valence-electron chi connectivity index (χ0n) is 57.1. The molecule has 14 rings (SSSR count). The molecule has 5 aliphatic rings. The minimum Gasteiger partial charge on any atom is -0.477 e. The third-order valence-corrected chi connectivity index (χ3v) is 23.7. The molecule has 2 atom stereocenters.